The summed E-state index contributed by atoms with van der Waals surface area (Å²) in [5.41, 5.74) is 3.73. The summed E-state index contributed by atoms with van der Waals surface area (Å²) < 4.78 is 14.0. The first-order chi connectivity index (χ1) is 10.7. The van der Waals surface area contributed by atoms with Crippen molar-refractivity contribution in [2.24, 2.45) is 0 Å². The SMILES string of the molecule is C/C=C(NCc1cc(F)c2nccnc2c1)\C(=C/CC)NC. The van der Waals surface area contributed by atoms with Gasteiger partial charge in [-0.1, -0.05) is 19.1 Å². The summed E-state index contributed by atoms with van der Waals surface area (Å²) in [6.07, 6.45) is 8.11. The Kier molecular flexibility index (Phi) is 5.47. The van der Waals surface area contributed by atoms with Crippen molar-refractivity contribution in [3.05, 3.63) is 59.5 Å². The van der Waals surface area contributed by atoms with Gasteiger partial charge in [-0.05, 0) is 31.0 Å². The van der Waals surface area contributed by atoms with Crippen LogP contribution < -0.4 is 10.6 Å². The van der Waals surface area contributed by atoms with Crippen LogP contribution in [-0.4, -0.2) is 17.0 Å². The summed E-state index contributed by atoms with van der Waals surface area (Å²) in [6, 6.07) is 3.36. The van der Waals surface area contributed by atoms with Crippen molar-refractivity contribution in [3.8, 4) is 0 Å². The second-order valence-corrected chi connectivity index (χ2v) is 4.83. The van der Waals surface area contributed by atoms with E-state index in [0.717, 1.165) is 23.4 Å². The van der Waals surface area contributed by atoms with Gasteiger partial charge in [0.1, 0.15) is 5.52 Å². The van der Waals surface area contributed by atoms with Gasteiger partial charge in [0.05, 0.1) is 16.9 Å². The highest BCUT2D eigenvalue weighted by molar-refractivity contribution is 5.75. The smallest absolute Gasteiger partial charge is 0.151 e. The zero-order valence-electron chi connectivity index (χ0n) is 13.2. The van der Waals surface area contributed by atoms with Crippen molar-refractivity contribution in [2.75, 3.05) is 7.05 Å². The molecule has 0 bridgehead atoms. The highest BCUT2D eigenvalue weighted by Crippen LogP contribution is 2.16. The minimum atomic E-state index is -0.345. The molecule has 22 heavy (non-hydrogen) atoms. The van der Waals surface area contributed by atoms with Gasteiger partial charge >= 0.3 is 0 Å². The first-order valence-electron chi connectivity index (χ1n) is 7.37. The Hall–Kier alpha value is -2.43. The van der Waals surface area contributed by atoms with Crippen LogP contribution in [0.25, 0.3) is 11.0 Å². The molecule has 1 aromatic carbocycles. The van der Waals surface area contributed by atoms with E-state index >= 15 is 0 Å². The number of halogens is 1. The van der Waals surface area contributed by atoms with Gasteiger partial charge in [-0.25, -0.2) is 9.37 Å². The van der Waals surface area contributed by atoms with E-state index in [1.54, 1.807) is 6.20 Å². The topological polar surface area (TPSA) is 49.8 Å². The molecule has 1 aromatic heterocycles. The molecule has 2 N–H and O–H groups in total. The summed E-state index contributed by atoms with van der Waals surface area (Å²) in [5.74, 6) is -0.345. The van der Waals surface area contributed by atoms with E-state index in [9.17, 15) is 4.39 Å². The van der Waals surface area contributed by atoms with Crippen LogP contribution in [0.5, 0.6) is 0 Å². The first-order valence-corrected chi connectivity index (χ1v) is 7.37. The molecule has 0 amide bonds. The van der Waals surface area contributed by atoms with Crippen molar-refractivity contribution in [2.45, 2.75) is 26.8 Å². The molecule has 1 heterocycles. The van der Waals surface area contributed by atoms with Crippen LogP contribution in [0.4, 0.5) is 4.39 Å². The van der Waals surface area contributed by atoms with Crippen LogP contribution >= 0.6 is 0 Å². The van der Waals surface area contributed by atoms with E-state index in [4.69, 9.17) is 0 Å². The molecule has 0 aliphatic rings. The molecule has 0 fully saturated rings. The Morgan fingerprint density at radius 1 is 1.23 bits per heavy atom. The lowest BCUT2D eigenvalue weighted by molar-refractivity contribution is 0.632. The zero-order chi connectivity index (χ0) is 15.9. The van der Waals surface area contributed by atoms with Gasteiger partial charge in [0.15, 0.2) is 5.82 Å². The Morgan fingerprint density at radius 2 is 2.00 bits per heavy atom. The first kappa shape index (κ1) is 15.9. The molecule has 0 aliphatic carbocycles. The third-order valence-electron chi connectivity index (χ3n) is 3.33. The predicted molar refractivity (Wildman–Crippen MR) is 87.5 cm³/mol. The molecule has 0 saturated carbocycles. The highest BCUT2D eigenvalue weighted by atomic mass is 19.1. The molecule has 2 rings (SSSR count). The third-order valence-corrected chi connectivity index (χ3v) is 3.33. The molecule has 4 nitrogen and oxygen atoms in total. The van der Waals surface area contributed by atoms with Gasteiger partial charge in [-0.3, -0.25) is 4.98 Å². The van der Waals surface area contributed by atoms with Crippen molar-refractivity contribution >= 4 is 11.0 Å². The molecule has 0 aliphatic heterocycles. The van der Waals surface area contributed by atoms with Crippen molar-refractivity contribution in [1.82, 2.24) is 20.6 Å². The van der Waals surface area contributed by atoms with Gasteiger partial charge in [0.2, 0.25) is 0 Å². The molecule has 0 saturated heterocycles. The maximum atomic E-state index is 14.0. The fraction of sp³-hybridized carbons (Fsp3) is 0.294. The number of hydrogen-bond acceptors (Lipinski definition) is 4. The van der Waals surface area contributed by atoms with Gasteiger partial charge in [-0.15, -0.1) is 0 Å². The van der Waals surface area contributed by atoms with Crippen molar-refractivity contribution in [1.29, 1.82) is 0 Å². The summed E-state index contributed by atoms with van der Waals surface area (Å²) in [7, 11) is 1.89. The lowest BCUT2D eigenvalue weighted by atomic mass is 10.1. The molecule has 0 atom stereocenters. The maximum Gasteiger partial charge on any atom is 0.151 e. The Bertz CT molecular complexity index is 707. The molecule has 5 heteroatoms. The lowest BCUT2D eigenvalue weighted by Crippen LogP contribution is -2.20. The predicted octanol–water partition coefficient (Wildman–Crippen LogP) is 3.28. The van der Waals surface area contributed by atoms with E-state index in [2.05, 4.69) is 33.6 Å². The number of hydrogen-bond donors (Lipinski definition) is 2. The van der Waals surface area contributed by atoms with E-state index in [1.165, 1.54) is 12.3 Å². The summed E-state index contributed by atoms with van der Waals surface area (Å²) >= 11 is 0. The fourth-order valence-corrected chi connectivity index (χ4v) is 2.29. The molecule has 116 valence electrons. The van der Waals surface area contributed by atoms with Gasteiger partial charge in [0.25, 0.3) is 0 Å². The Balaban J connectivity index is 2.19. The fourth-order valence-electron chi connectivity index (χ4n) is 2.29. The Morgan fingerprint density at radius 3 is 2.68 bits per heavy atom. The maximum absolute atomic E-state index is 14.0. The average molecular weight is 300 g/mol. The lowest BCUT2D eigenvalue weighted by Gasteiger charge is -2.14. The van der Waals surface area contributed by atoms with E-state index in [1.807, 2.05) is 26.1 Å². The van der Waals surface area contributed by atoms with Crippen LogP contribution in [0.2, 0.25) is 0 Å². The van der Waals surface area contributed by atoms with Gasteiger partial charge < -0.3 is 10.6 Å². The number of aromatic nitrogens is 2. The monoisotopic (exact) mass is 300 g/mol. The molecular weight excluding hydrogens is 279 g/mol. The number of nitrogens with zero attached hydrogens (tertiary/aromatic N) is 2. The summed E-state index contributed by atoms with van der Waals surface area (Å²) in [4.78, 5) is 8.17. The largest absolute Gasteiger partial charge is 0.387 e. The highest BCUT2D eigenvalue weighted by Gasteiger charge is 2.07. The minimum Gasteiger partial charge on any atom is -0.387 e. The summed E-state index contributed by atoms with van der Waals surface area (Å²) in [5, 5.41) is 6.49. The van der Waals surface area contributed by atoms with Gasteiger partial charge in [0, 0.05) is 26.0 Å². The number of allylic oxidation sites excluding steroid dienone is 2. The normalized spacial score (nSPS) is 12.5. The minimum absolute atomic E-state index is 0.305. The van der Waals surface area contributed by atoms with E-state index < -0.39 is 0 Å². The molecular formula is C17H21FN4. The third kappa shape index (κ3) is 3.61. The van der Waals surface area contributed by atoms with Crippen LogP contribution in [-0.2, 0) is 6.54 Å². The standard InChI is InChI=1S/C17H21FN4/c1-4-6-15(19-3)14(5-2)22-11-12-9-13(18)17-16(10-12)20-7-8-21-17/h5-10,19,22H,4,11H2,1-3H3/b14-5+,15-6+. The second-order valence-electron chi connectivity index (χ2n) is 4.83. The van der Waals surface area contributed by atoms with Crippen LogP contribution in [0, 0.1) is 5.82 Å². The Labute approximate surface area is 130 Å². The number of nitrogens with one attached hydrogen (secondary N) is 2. The van der Waals surface area contributed by atoms with Crippen LogP contribution in [0.15, 0.2) is 48.1 Å². The van der Waals surface area contributed by atoms with Crippen LogP contribution in [0.3, 0.4) is 0 Å². The second kappa shape index (κ2) is 7.54. The molecule has 2 aromatic rings. The van der Waals surface area contributed by atoms with E-state index in [-0.39, 0.29) is 5.82 Å². The number of likely N-dealkylation sites (N-methyl/N-ethyl adjacent to an activating group) is 1. The van der Waals surface area contributed by atoms with Crippen molar-refractivity contribution < 1.29 is 4.39 Å². The molecule has 0 radical (unpaired) electrons. The quantitative estimate of drug-likeness (QED) is 0.804. The van der Waals surface area contributed by atoms with Crippen molar-refractivity contribution in [3.63, 3.8) is 0 Å². The zero-order valence-corrected chi connectivity index (χ0v) is 13.2. The number of benzene rings is 1. The number of fused-ring (bicyclic) bond motifs is 1. The van der Waals surface area contributed by atoms with E-state index in [0.29, 0.717) is 17.6 Å². The number of rotatable bonds is 6. The van der Waals surface area contributed by atoms with Crippen LogP contribution in [0.1, 0.15) is 25.8 Å². The summed E-state index contributed by atoms with van der Waals surface area (Å²) in [6.45, 7) is 4.57. The molecule has 0 unspecified atom stereocenters. The average Bonchev–Trinajstić information content (AvgIpc) is 2.54. The van der Waals surface area contributed by atoms with Gasteiger partial charge in [-0.2, -0.15) is 0 Å². The molecule has 0 spiro atoms.